The average Bonchev–Trinajstić information content (AvgIpc) is 3.06. The van der Waals surface area contributed by atoms with Gasteiger partial charge in [-0.15, -0.1) is 0 Å². The Hall–Kier alpha value is -1.95. The molecule has 0 bridgehead atoms. The number of imidazole rings is 1. The Morgan fingerprint density at radius 3 is 3.16 bits per heavy atom. The number of nitrogens with one attached hydrogen (secondary N) is 1. The van der Waals surface area contributed by atoms with Gasteiger partial charge in [-0.1, -0.05) is 17.7 Å². The topological polar surface area (TPSA) is 52.0 Å². The van der Waals surface area contributed by atoms with Gasteiger partial charge >= 0.3 is 0 Å². The zero-order valence-corrected chi connectivity index (χ0v) is 14.9. The number of hydrogen-bond donors (Lipinski definition) is 1. The molecule has 0 radical (unpaired) electrons. The summed E-state index contributed by atoms with van der Waals surface area (Å²) >= 11 is 6.27. The van der Waals surface area contributed by atoms with Crippen LogP contribution < -0.4 is 5.32 Å². The van der Waals surface area contributed by atoms with Gasteiger partial charge < -0.3 is 14.6 Å². The lowest BCUT2D eigenvalue weighted by Crippen LogP contribution is -2.36. The van der Waals surface area contributed by atoms with Crippen LogP contribution in [-0.2, 0) is 18.3 Å². The van der Waals surface area contributed by atoms with Crippen molar-refractivity contribution < 1.29 is 4.74 Å². The Labute approximate surface area is 152 Å². The van der Waals surface area contributed by atoms with E-state index in [9.17, 15) is 0 Å². The Kier molecular flexibility index (Phi) is 4.70. The number of aromatic nitrogens is 3. The lowest BCUT2D eigenvalue weighted by atomic mass is 10.0. The molecule has 1 aliphatic heterocycles. The van der Waals surface area contributed by atoms with Gasteiger partial charge in [0.2, 0.25) is 0 Å². The van der Waals surface area contributed by atoms with Crippen LogP contribution >= 0.6 is 11.6 Å². The molecule has 2 aromatic heterocycles. The van der Waals surface area contributed by atoms with E-state index in [1.807, 2.05) is 54.6 Å². The molecule has 2 atom stereocenters. The summed E-state index contributed by atoms with van der Waals surface area (Å²) < 4.78 is 7.97. The molecule has 1 N–H and O–H groups in total. The molecule has 1 aromatic carbocycles. The summed E-state index contributed by atoms with van der Waals surface area (Å²) in [6.07, 6.45) is 7.56. The van der Waals surface area contributed by atoms with Crippen molar-refractivity contribution in [3.05, 3.63) is 59.3 Å². The molecule has 6 heteroatoms. The highest BCUT2D eigenvalue weighted by Gasteiger charge is 2.25. The first-order chi connectivity index (χ1) is 12.2. The smallest absolute Gasteiger partial charge is 0.100 e. The van der Waals surface area contributed by atoms with Crippen molar-refractivity contribution in [3.8, 4) is 0 Å². The molecule has 1 saturated heterocycles. The van der Waals surface area contributed by atoms with Gasteiger partial charge in [0.1, 0.15) is 6.10 Å². The Bertz CT molecular complexity index is 879. The molecule has 1 aliphatic rings. The number of hydrogen-bond acceptors (Lipinski definition) is 4. The minimum Gasteiger partial charge on any atom is -0.372 e. The minimum absolute atomic E-state index is 0.0907. The Morgan fingerprint density at radius 2 is 2.32 bits per heavy atom. The number of benzene rings is 1. The first kappa shape index (κ1) is 16.5. The third-order valence-corrected chi connectivity index (χ3v) is 5.02. The van der Waals surface area contributed by atoms with Crippen molar-refractivity contribution >= 4 is 22.5 Å². The van der Waals surface area contributed by atoms with Crippen LogP contribution in [0.15, 0.2) is 43.0 Å². The lowest BCUT2D eigenvalue weighted by molar-refractivity contribution is -0.00402. The molecule has 3 heterocycles. The number of fused-ring (bicyclic) bond motifs is 1. The molecule has 3 aromatic rings. The lowest BCUT2D eigenvalue weighted by Gasteiger charge is -2.30. The van der Waals surface area contributed by atoms with E-state index in [0.717, 1.165) is 53.2 Å². The van der Waals surface area contributed by atoms with Crippen molar-refractivity contribution in [2.75, 3.05) is 6.61 Å². The molecule has 0 amide bonds. The maximum Gasteiger partial charge on any atom is 0.100 e. The molecule has 25 heavy (non-hydrogen) atoms. The van der Waals surface area contributed by atoms with E-state index in [4.69, 9.17) is 16.3 Å². The number of nitrogens with zero attached hydrogens (tertiary/aromatic N) is 3. The van der Waals surface area contributed by atoms with Crippen molar-refractivity contribution in [2.45, 2.75) is 31.5 Å². The average molecular weight is 357 g/mol. The fourth-order valence-corrected chi connectivity index (χ4v) is 3.73. The molecule has 5 nitrogen and oxygen atoms in total. The third kappa shape index (κ3) is 3.54. The van der Waals surface area contributed by atoms with Crippen molar-refractivity contribution in [3.63, 3.8) is 0 Å². The molecule has 1 fully saturated rings. The normalized spacial score (nSPS) is 20.9. The summed E-state index contributed by atoms with van der Waals surface area (Å²) in [5.41, 5.74) is 3.27. The van der Waals surface area contributed by atoms with Crippen molar-refractivity contribution in [1.29, 1.82) is 0 Å². The summed E-state index contributed by atoms with van der Waals surface area (Å²) in [6, 6.07) is 8.34. The molecule has 0 aliphatic carbocycles. The van der Waals surface area contributed by atoms with Crippen LogP contribution in [0.4, 0.5) is 0 Å². The highest BCUT2D eigenvalue weighted by atomic mass is 35.5. The molecule has 0 spiro atoms. The summed E-state index contributed by atoms with van der Waals surface area (Å²) in [4.78, 5) is 8.72. The van der Waals surface area contributed by atoms with Crippen LogP contribution in [0.3, 0.4) is 0 Å². The fraction of sp³-hybridized carbons (Fsp3) is 0.368. The van der Waals surface area contributed by atoms with E-state index in [1.165, 1.54) is 0 Å². The van der Waals surface area contributed by atoms with Crippen LogP contribution in [0.25, 0.3) is 10.9 Å². The van der Waals surface area contributed by atoms with E-state index in [2.05, 4.69) is 15.3 Å². The van der Waals surface area contributed by atoms with Crippen LogP contribution in [0, 0.1) is 0 Å². The highest BCUT2D eigenvalue weighted by molar-refractivity contribution is 6.31. The van der Waals surface area contributed by atoms with Crippen molar-refractivity contribution in [1.82, 2.24) is 19.9 Å². The first-order valence-corrected chi connectivity index (χ1v) is 8.93. The Balaban J connectivity index is 1.47. The van der Waals surface area contributed by atoms with E-state index in [1.54, 1.807) is 0 Å². The van der Waals surface area contributed by atoms with E-state index >= 15 is 0 Å². The molecule has 130 valence electrons. The zero-order valence-electron chi connectivity index (χ0n) is 14.2. The van der Waals surface area contributed by atoms with Crippen LogP contribution in [0.1, 0.15) is 30.2 Å². The largest absolute Gasteiger partial charge is 0.372 e. The van der Waals surface area contributed by atoms with Crippen LogP contribution in [0.5, 0.6) is 0 Å². The maximum absolute atomic E-state index is 6.27. The predicted molar refractivity (Wildman–Crippen MR) is 98.5 cm³/mol. The van der Waals surface area contributed by atoms with Crippen LogP contribution in [0.2, 0.25) is 5.02 Å². The second-order valence-corrected chi connectivity index (χ2v) is 6.97. The molecule has 0 unspecified atom stereocenters. The number of halogens is 1. The second kappa shape index (κ2) is 7.12. The fourth-order valence-electron chi connectivity index (χ4n) is 3.48. The quantitative estimate of drug-likeness (QED) is 0.775. The van der Waals surface area contributed by atoms with Gasteiger partial charge in [0.25, 0.3) is 0 Å². The van der Waals surface area contributed by atoms with Gasteiger partial charge in [-0.05, 0) is 36.6 Å². The van der Waals surface area contributed by atoms with E-state index in [0.29, 0.717) is 6.04 Å². The molecule has 0 saturated carbocycles. The maximum atomic E-state index is 6.27. The summed E-state index contributed by atoms with van der Waals surface area (Å²) in [6.45, 7) is 1.50. The number of aryl methyl sites for hydroxylation is 1. The van der Waals surface area contributed by atoms with Gasteiger partial charge in [-0.2, -0.15) is 0 Å². The van der Waals surface area contributed by atoms with Gasteiger partial charge in [-0.3, -0.25) is 4.98 Å². The molecular formula is C19H21ClN4O. The summed E-state index contributed by atoms with van der Waals surface area (Å²) in [7, 11) is 2.01. The molecular weight excluding hydrogens is 336 g/mol. The monoisotopic (exact) mass is 356 g/mol. The zero-order chi connectivity index (χ0) is 17.2. The van der Waals surface area contributed by atoms with Gasteiger partial charge in [0.15, 0.2) is 0 Å². The van der Waals surface area contributed by atoms with Crippen LogP contribution in [-0.4, -0.2) is 27.2 Å². The van der Waals surface area contributed by atoms with E-state index in [-0.39, 0.29) is 6.10 Å². The summed E-state index contributed by atoms with van der Waals surface area (Å²) in [5, 5.41) is 5.48. The second-order valence-electron chi connectivity index (χ2n) is 6.53. The van der Waals surface area contributed by atoms with Gasteiger partial charge in [0, 0.05) is 42.8 Å². The SMILES string of the molecule is Cn1cncc1[C@@H]1C[C@H](NCc2cc(Cl)cc3cccnc23)CCO1. The summed E-state index contributed by atoms with van der Waals surface area (Å²) in [5.74, 6) is 0. The highest BCUT2D eigenvalue weighted by Crippen LogP contribution is 2.28. The Morgan fingerprint density at radius 1 is 1.40 bits per heavy atom. The number of ether oxygens (including phenoxy) is 1. The van der Waals surface area contributed by atoms with E-state index < -0.39 is 0 Å². The third-order valence-electron chi connectivity index (χ3n) is 4.80. The molecule has 4 rings (SSSR count). The van der Waals surface area contributed by atoms with Gasteiger partial charge in [0.05, 0.1) is 23.7 Å². The van der Waals surface area contributed by atoms with Crippen molar-refractivity contribution in [2.24, 2.45) is 7.05 Å². The first-order valence-electron chi connectivity index (χ1n) is 8.55. The number of rotatable bonds is 4. The standard InChI is InChI=1S/C19H21ClN4O/c1-24-12-21-11-17(24)18-9-16(4-6-25-18)23-10-14-8-15(20)7-13-3-2-5-22-19(13)14/h2-3,5,7-8,11-12,16,18,23H,4,6,9-10H2,1H3/t16-,18+/m1/s1. The number of pyridine rings is 1. The predicted octanol–water partition coefficient (Wildman–Crippen LogP) is 3.63. The minimum atomic E-state index is 0.0907. The van der Waals surface area contributed by atoms with Gasteiger partial charge in [-0.25, -0.2) is 4.98 Å².